The Labute approximate surface area is 112 Å². The third-order valence-electron chi connectivity index (χ3n) is 3.58. The predicted molar refractivity (Wildman–Crippen MR) is 75.4 cm³/mol. The number of rotatable bonds is 1. The topological polar surface area (TPSA) is 27.8 Å². The second-order valence-corrected chi connectivity index (χ2v) is 4.88. The first-order valence-corrected chi connectivity index (χ1v) is 6.12. The Kier molecular flexibility index (Phi) is 3.67. The molecule has 2 N–H and O–H groups in total. The number of aromatic nitrogens is 1. The SMILES string of the molecule is CNC1CCc2[nH]c3c(Cl)cccc3c2C1.Cl. The first-order valence-electron chi connectivity index (χ1n) is 5.75. The lowest BCUT2D eigenvalue weighted by molar-refractivity contribution is 0.495. The molecule has 0 radical (unpaired) electrons. The van der Waals surface area contributed by atoms with Crippen LogP contribution in [0.25, 0.3) is 10.9 Å². The van der Waals surface area contributed by atoms with E-state index in [0.29, 0.717) is 6.04 Å². The summed E-state index contributed by atoms with van der Waals surface area (Å²) in [6.07, 6.45) is 3.42. The lowest BCUT2D eigenvalue weighted by atomic mass is 9.91. The average molecular weight is 271 g/mol. The number of nitrogens with one attached hydrogen (secondary N) is 2. The highest BCUT2D eigenvalue weighted by Crippen LogP contribution is 2.32. The second-order valence-electron chi connectivity index (χ2n) is 4.47. The van der Waals surface area contributed by atoms with Crippen LogP contribution >= 0.6 is 24.0 Å². The maximum atomic E-state index is 6.20. The van der Waals surface area contributed by atoms with E-state index in [0.717, 1.165) is 23.4 Å². The molecule has 1 aromatic heterocycles. The summed E-state index contributed by atoms with van der Waals surface area (Å²) < 4.78 is 0. The maximum Gasteiger partial charge on any atom is 0.0648 e. The lowest BCUT2D eigenvalue weighted by Gasteiger charge is -2.21. The number of hydrogen-bond donors (Lipinski definition) is 2. The number of H-pyrrole nitrogens is 1. The van der Waals surface area contributed by atoms with Gasteiger partial charge in [0.1, 0.15) is 0 Å². The van der Waals surface area contributed by atoms with Gasteiger partial charge in [-0.25, -0.2) is 0 Å². The van der Waals surface area contributed by atoms with Crippen molar-refractivity contribution in [1.29, 1.82) is 0 Å². The molecule has 0 spiro atoms. The third kappa shape index (κ3) is 2.05. The maximum absolute atomic E-state index is 6.20. The van der Waals surface area contributed by atoms with Crippen molar-refractivity contribution < 1.29 is 0 Å². The predicted octanol–water partition coefficient (Wildman–Crippen LogP) is 3.32. The summed E-state index contributed by atoms with van der Waals surface area (Å²) in [6.45, 7) is 0. The molecule has 3 rings (SSSR count). The molecule has 1 unspecified atom stereocenters. The summed E-state index contributed by atoms with van der Waals surface area (Å²) >= 11 is 6.20. The fourth-order valence-corrected chi connectivity index (χ4v) is 2.87. The molecule has 4 heteroatoms. The van der Waals surface area contributed by atoms with Crippen LogP contribution in [0.4, 0.5) is 0 Å². The van der Waals surface area contributed by atoms with Gasteiger partial charge in [-0.1, -0.05) is 23.7 Å². The van der Waals surface area contributed by atoms with E-state index in [1.807, 2.05) is 19.2 Å². The van der Waals surface area contributed by atoms with Crippen LogP contribution in [-0.2, 0) is 12.8 Å². The zero-order chi connectivity index (χ0) is 11.1. The van der Waals surface area contributed by atoms with Crippen LogP contribution in [-0.4, -0.2) is 18.1 Å². The molecule has 1 heterocycles. The Morgan fingerprint density at radius 3 is 3.00 bits per heavy atom. The van der Waals surface area contributed by atoms with E-state index < -0.39 is 0 Å². The van der Waals surface area contributed by atoms with Gasteiger partial charge in [-0.05, 0) is 37.9 Å². The van der Waals surface area contributed by atoms with E-state index in [1.165, 1.54) is 23.1 Å². The minimum Gasteiger partial charge on any atom is -0.357 e. The van der Waals surface area contributed by atoms with Crippen LogP contribution in [0.1, 0.15) is 17.7 Å². The summed E-state index contributed by atoms with van der Waals surface area (Å²) in [5.41, 5.74) is 3.92. The van der Waals surface area contributed by atoms with Crippen molar-refractivity contribution >= 4 is 34.9 Å². The molecule has 1 aliphatic carbocycles. The molecule has 17 heavy (non-hydrogen) atoms. The highest BCUT2D eigenvalue weighted by molar-refractivity contribution is 6.35. The molecular formula is C13H16Cl2N2. The third-order valence-corrected chi connectivity index (χ3v) is 3.90. The monoisotopic (exact) mass is 270 g/mol. The summed E-state index contributed by atoms with van der Waals surface area (Å²) in [7, 11) is 2.04. The van der Waals surface area contributed by atoms with Crippen LogP contribution in [0.3, 0.4) is 0 Å². The van der Waals surface area contributed by atoms with Crippen LogP contribution in [0, 0.1) is 0 Å². The van der Waals surface area contributed by atoms with E-state index in [2.05, 4.69) is 16.4 Å². The van der Waals surface area contributed by atoms with Crippen molar-refractivity contribution in [1.82, 2.24) is 10.3 Å². The zero-order valence-electron chi connectivity index (χ0n) is 9.72. The molecule has 2 aromatic rings. The Morgan fingerprint density at radius 2 is 2.24 bits per heavy atom. The van der Waals surface area contributed by atoms with E-state index in [4.69, 9.17) is 11.6 Å². The van der Waals surface area contributed by atoms with Crippen LogP contribution in [0.2, 0.25) is 5.02 Å². The standard InChI is InChI=1S/C13H15ClN2.ClH/c1-15-8-5-6-12-10(7-8)9-3-2-4-11(14)13(9)16-12;/h2-4,8,15-16H,5-7H2,1H3;1H. The number of aromatic amines is 1. The Balaban J connectivity index is 0.00000108. The van der Waals surface area contributed by atoms with Crippen molar-refractivity contribution in [2.75, 3.05) is 7.05 Å². The van der Waals surface area contributed by atoms with Gasteiger partial charge in [-0.3, -0.25) is 0 Å². The number of halogens is 2. The second kappa shape index (κ2) is 4.89. The number of likely N-dealkylation sites (N-methyl/N-ethyl adjacent to an activating group) is 1. The Bertz CT molecular complexity index is 533. The molecule has 1 aromatic carbocycles. The molecule has 0 fully saturated rings. The number of aryl methyl sites for hydroxylation is 1. The summed E-state index contributed by atoms with van der Waals surface area (Å²) in [6, 6.07) is 6.74. The van der Waals surface area contributed by atoms with Gasteiger partial charge < -0.3 is 10.3 Å². The number of benzene rings is 1. The average Bonchev–Trinajstić information content (AvgIpc) is 2.68. The quantitative estimate of drug-likeness (QED) is 0.818. The van der Waals surface area contributed by atoms with Gasteiger partial charge in [0.15, 0.2) is 0 Å². The van der Waals surface area contributed by atoms with Crippen molar-refractivity contribution in [2.24, 2.45) is 0 Å². The molecule has 0 saturated carbocycles. The fraction of sp³-hybridized carbons (Fsp3) is 0.385. The van der Waals surface area contributed by atoms with Crippen LogP contribution < -0.4 is 5.32 Å². The highest BCUT2D eigenvalue weighted by Gasteiger charge is 2.21. The van der Waals surface area contributed by atoms with Gasteiger partial charge in [0.25, 0.3) is 0 Å². The molecule has 1 aliphatic rings. The smallest absolute Gasteiger partial charge is 0.0648 e. The Morgan fingerprint density at radius 1 is 1.41 bits per heavy atom. The number of fused-ring (bicyclic) bond motifs is 3. The summed E-state index contributed by atoms with van der Waals surface area (Å²) in [4.78, 5) is 3.47. The molecule has 1 atom stereocenters. The van der Waals surface area contributed by atoms with Crippen molar-refractivity contribution in [3.63, 3.8) is 0 Å². The van der Waals surface area contributed by atoms with Gasteiger partial charge >= 0.3 is 0 Å². The summed E-state index contributed by atoms with van der Waals surface area (Å²) in [5.74, 6) is 0. The van der Waals surface area contributed by atoms with E-state index in [9.17, 15) is 0 Å². The molecule has 0 amide bonds. The molecule has 0 aliphatic heterocycles. The van der Waals surface area contributed by atoms with Gasteiger partial charge in [-0.2, -0.15) is 0 Å². The lowest BCUT2D eigenvalue weighted by Crippen LogP contribution is -2.31. The zero-order valence-corrected chi connectivity index (χ0v) is 11.3. The number of hydrogen-bond acceptors (Lipinski definition) is 1. The first-order chi connectivity index (χ1) is 7.79. The van der Waals surface area contributed by atoms with E-state index >= 15 is 0 Å². The fourth-order valence-electron chi connectivity index (χ4n) is 2.65. The molecular weight excluding hydrogens is 255 g/mol. The van der Waals surface area contributed by atoms with Gasteiger partial charge in [-0.15, -0.1) is 12.4 Å². The molecule has 92 valence electrons. The van der Waals surface area contributed by atoms with E-state index in [-0.39, 0.29) is 12.4 Å². The largest absolute Gasteiger partial charge is 0.357 e. The first kappa shape index (κ1) is 12.7. The molecule has 0 saturated heterocycles. The highest BCUT2D eigenvalue weighted by atomic mass is 35.5. The van der Waals surface area contributed by atoms with Crippen molar-refractivity contribution in [3.05, 3.63) is 34.5 Å². The number of para-hydroxylation sites is 1. The summed E-state index contributed by atoms with van der Waals surface area (Å²) in [5, 5.41) is 5.49. The minimum atomic E-state index is 0. The van der Waals surface area contributed by atoms with Crippen LogP contribution in [0.15, 0.2) is 18.2 Å². The molecule has 0 bridgehead atoms. The Hall–Kier alpha value is -0.700. The van der Waals surface area contributed by atoms with Gasteiger partial charge in [0, 0.05) is 17.1 Å². The van der Waals surface area contributed by atoms with E-state index in [1.54, 1.807) is 0 Å². The van der Waals surface area contributed by atoms with Crippen molar-refractivity contribution in [2.45, 2.75) is 25.3 Å². The van der Waals surface area contributed by atoms with Gasteiger partial charge in [0.05, 0.1) is 10.5 Å². The van der Waals surface area contributed by atoms with Gasteiger partial charge in [0.2, 0.25) is 0 Å². The van der Waals surface area contributed by atoms with Crippen LogP contribution in [0.5, 0.6) is 0 Å². The molecule has 2 nitrogen and oxygen atoms in total. The minimum absolute atomic E-state index is 0. The normalized spacial score (nSPS) is 18.8. The van der Waals surface area contributed by atoms with Crippen molar-refractivity contribution in [3.8, 4) is 0 Å².